The number of ether oxygens (including phenoxy) is 1. The van der Waals surface area contributed by atoms with Gasteiger partial charge in [-0.2, -0.15) is 17.0 Å². The SMILES string of the molecule is CC1CN(S(=O)(=O)N2CCN(CC(=O)NCc3cccs3)CC2)CC(C)O1. The number of thiophene rings is 1. The molecule has 10 heteroatoms. The Kier molecular flexibility index (Phi) is 6.88. The molecule has 0 aliphatic carbocycles. The molecule has 2 fully saturated rings. The van der Waals surface area contributed by atoms with Gasteiger partial charge in [0, 0.05) is 44.1 Å². The van der Waals surface area contributed by atoms with Crippen LogP contribution in [-0.2, 0) is 26.3 Å². The van der Waals surface area contributed by atoms with Crippen LogP contribution in [0.4, 0.5) is 0 Å². The maximum absolute atomic E-state index is 12.9. The van der Waals surface area contributed by atoms with Crippen molar-refractivity contribution in [3.05, 3.63) is 22.4 Å². The van der Waals surface area contributed by atoms with Crippen LogP contribution in [-0.4, -0.2) is 85.9 Å². The third-order valence-electron chi connectivity index (χ3n) is 4.78. The number of nitrogens with zero attached hydrogens (tertiary/aromatic N) is 3. The average Bonchev–Trinajstić information content (AvgIpc) is 3.13. The quantitative estimate of drug-likeness (QED) is 0.723. The molecule has 3 rings (SSSR count). The number of carbonyl (C=O) groups excluding carboxylic acids is 1. The monoisotopic (exact) mass is 416 g/mol. The lowest BCUT2D eigenvalue weighted by Crippen LogP contribution is -2.57. The van der Waals surface area contributed by atoms with Crippen molar-refractivity contribution in [3.63, 3.8) is 0 Å². The van der Waals surface area contributed by atoms with Crippen molar-refractivity contribution in [2.45, 2.75) is 32.6 Å². The van der Waals surface area contributed by atoms with Gasteiger partial charge in [-0.1, -0.05) is 6.07 Å². The van der Waals surface area contributed by atoms with Crippen molar-refractivity contribution in [2.24, 2.45) is 0 Å². The molecule has 0 aromatic carbocycles. The number of amides is 1. The maximum Gasteiger partial charge on any atom is 0.282 e. The molecule has 1 aromatic rings. The van der Waals surface area contributed by atoms with Crippen molar-refractivity contribution in [1.29, 1.82) is 0 Å². The number of carbonyl (C=O) groups is 1. The Morgan fingerprint density at radius 3 is 2.44 bits per heavy atom. The zero-order valence-corrected chi connectivity index (χ0v) is 17.5. The van der Waals surface area contributed by atoms with Crippen molar-refractivity contribution < 1.29 is 17.9 Å². The highest BCUT2D eigenvalue weighted by Gasteiger charge is 2.36. The van der Waals surface area contributed by atoms with E-state index in [2.05, 4.69) is 5.32 Å². The molecule has 0 spiro atoms. The smallest absolute Gasteiger partial charge is 0.282 e. The predicted octanol–water partition coefficient (Wildman–Crippen LogP) is 0.336. The molecular formula is C17H28N4O4S2. The first-order valence-electron chi connectivity index (χ1n) is 9.26. The van der Waals surface area contributed by atoms with E-state index < -0.39 is 10.2 Å². The second kappa shape index (κ2) is 8.97. The fraction of sp³-hybridized carbons (Fsp3) is 0.706. The zero-order chi connectivity index (χ0) is 19.4. The van der Waals surface area contributed by atoms with Gasteiger partial charge in [-0.15, -0.1) is 11.3 Å². The third-order valence-corrected chi connectivity index (χ3v) is 7.62. The van der Waals surface area contributed by atoms with Gasteiger partial charge in [0.2, 0.25) is 5.91 Å². The summed E-state index contributed by atoms with van der Waals surface area (Å²) in [6.45, 7) is 7.32. The van der Waals surface area contributed by atoms with Crippen LogP contribution in [0.1, 0.15) is 18.7 Å². The van der Waals surface area contributed by atoms with Crippen LogP contribution < -0.4 is 5.32 Å². The maximum atomic E-state index is 12.9. The van der Waals surface area contributed by atoms with Gasteiger partial charge in [0.1, 0.15) is 0 Å². The second-order valence-electron chi connectivity index (χ2n) is 7.11. The van der Waals surface area contributed by atoms with Crippen molar-refractivity contribution in [3.8, 4) is 0 Å². The largest absolute Gasteiger partial charge is 0.373 e. The fourth-order valence-electron chi connectivity index (χ4n) is 3.46. The van der Waals surface area contributed by atoms with Gasteiger partial charge in [-0.25, -0.2) is 0 Å². The molecule has 27 heavy (non-hydrogen) atoms. The summed E-state index contributed by atoms with van der Waals surface area (Å²) in [6, 6.07) is 3.95. The average molecular weight is 417 g/mol. The molecule has 1 amide bonds. The number of rotatable bonds is 6. The van der Waals surface area contributed by atoms with E-state index in [0.717, 1.165) is 4.88 Å². The van der Waals surface area contributed by atoms with Crippen molar-refractivity contribution in [1.82, 2.24) is 18.8 Å². The molecule has 0 saturated carbocycles. The molecule has 0 bridgehead atoms. The Balaban J connectivity index is 1.45. The predicted molar refractivity (Wildman–Crippen MR) is 105 cm³/mol. The molecule has 2 atom stereocenters. The minimum absolute atomic E-state index is 0.0319. The van der Waals surface area contributed by atoms with Crippen LogP contribution in [0.5, 0.6) is 0 Å². The standard InChI is InChI=1S/C17H28N4O4S2/c1-14-11-21(12-15(2)25-14)27(23,24)20-7-5-19(6-8-20)13-17(22)18-10-16-4-3-9-26-16/h3-4,9,14-15H,5-8,10-13H2,1-2H3,(H,18,22). The van der Waals surface area contributed by atoms with Crippen LogP contribution in [0, 0.1) is 0 Å². The topological polar surface area (TPSA) is 82.2 Å². The van der Waals surface area contributed by atoms with E-state index in [9.17, 15) is 13.2 Å². The number of piperazine rings is 1. The van der Waals surface area contributed by atoms with Crippen LogP contribution in [0.2, 0.25) is 0 Å². The number of hydrogen-bond acceptors (Lipinski definition) is 6. The summed E-state index contributed by atoms with van der Waals surface area (Å²) in [4.78, 5) is 15.2. The Morgan fingerprint density at radius 2 is 1.85 bits per heavy atom. The van der Waals surface area contributed by atoms with Gasteiger partial charge in [0.15, 0.2) is 0 Å². The Hall–Kier alpha value is -1.04. The van der Waals surface area contributed by atoms with Gasteiger partial charge in [-0.05, 0) is 25.3 Å². The van der Waals surface area contributed by atoms with E-state index in [1.54, 1.807) is 11.3 Å². The lowest BCUT2D eigenvalue weighted by Gasteiger charge is -2.40. The van der Waals surface area contributed by atoms with Gasteiger partial charge in [0.25, 0.3) is 10.2 Å². The summed E-state index contributed by atoms with van der Waals surface area (Å²) >= 11 is 1.61. The molecule has 2 saturated heterocycles. The Morgan fingerprint density at radius 1 is 1.19 bits per heavy atom. The zero-order valence-electron chi connectivity index (χ0n) is 15.8. The van der Waals surface area contributed by atoms with E-state index in [4.69, 9.17) is 4.74 Å². The normalized spacial score (nSPS) is 26.1. The minimum atomic E-state index is -3.48. The van der Waals surface area contributed by atoms with Gasteiger partial charge in [0.05, 0.1) is 25.3 Å². The molecule has 1 N–H and O–H groups in total. The second-order valence-corrected chi connectivity index (χ2v) is 10.1. The molecule has 2 unspecified atom stereocenters. The van der Waals surface area contributed by atoms with E-state index >= 15 is 0 Å². The lowest BCUT2D eigenvalue weighted by molar-refractivity contribution is -0.122. The fourth-order valence-corrected chi connectivity index (χ4v) is 5.85. The first-order valence-corrected chi connectivity index (χ1v) is 11.5. The van der Waals surface area contributed by atoms with E-state index in [-0.39, 0.29) is 18.1 Å². The molecule has 8 nitrogen and oxygen atoms in total. The molecular weight excluding hydrogens is 388 g/mol. The summed E-state index contributed by atoms with van der Waals surface area (Å²) in [6.07, 6.45) is -0.200. The highest BCUT2D eigenvalue weighted by atomic mass is 32.2. The van der Waals surface area contributed by atoms with Gasteiger partial charge >= 0.3 is 0 Å². The molecule has 152 valence electrons. The van der Waals surface area contributed by atoms with Crippen molar-refractivity contribution >= 4 is 27.5 Å². The highest BCUT2D eigenvalue weighted by molar-refractivity contribution is 7.86. The first kappa shape index (κ1) is 20.7. The lowest BCUT2D eigenvalue weighted by atomic mass is 10.3. The molecule has 2 aliphatic heterocycles. The summed E-state index contributed by atoms with van der Waals surface area (Å²) in [5, 5.41) is 4.89. The third kappa shape index (κ3) is 5.49. The van der Waals surface area contributed by atoms with E-state index in [0.29, 0.717) is 52.4 Å². The minimum Gasteiger partial charge on any atom is -0.373 e. The van der Waals surface area contributed by atoms with E-state index in [1.807, 2.05) is 36.3 Å². The highest BCUT2D eigenvalue weighted by Crippen LogP contribution is 2.18. The van der Waals surface area contributed by atoms with Crippen LogP contribution >= 0.6 is 11.3 Å². The van der Waals surface area contributed by atoms with Gasteiger partial charge in [-0.3, -0.25) is 9.69 Å². The molecule has 0 radical (unpaired) electrons. The number of morpholine rings is 1. The molecule has 1 aromatic heterocycles. The van der Waals surface area contributed by atoms with Crippen LogP contribution in [0.3, 0.4) is 0 Å². The van der Waals surface area contributed by atoms with Gasteiger partial charge < -0.3 is 10.1 Å². The first-order chi connectivity index (χ1) is 12.8. The molecule has 2 aliphatic rings. The Labute approximate surface area is 165 Å². The summed E-state index contributed by atoms with van der Waals surface area (Å²) in [5.41, 5.74) is 0. The summed E-state index contributed by atoms with van der Waals surface area (Å²) in [7, 11) is -3.48. The summed E-state index contributed by atoms with van der Waals surface area (Å²) in [5.74, 6) is -0.0319. The van der Waals surface area contributed by atoms with Crippen molar-refractivity contribution in [2.75, 3.05) is 45.8 Å². The number of nitrogens with one attached hydrogen (secondary N) is 1. The van der Waals surface area contributed by atoms with Crippen LogP contribution in [0.25, 0.3) is 0 Å². The summed E-state index contributed by atoms with van der Waals surface area (Å²) < 4.78 is 34.5. The van der Waals surface area contributed by atoms with E-state index in [1.165, 1.54) is 8.61 Å². The number of hydrogen-bond donors (Lipinski definition) is 1. The molecule has 3 heterocycles. The Bertz CT molecular complexity index is 707. The van der Waals surface area contributed by atoms with Crippen LogP contribution in [0.15, 0.2) is 17.5 Å².